The Labute approximate surface area is 155 Å². The number of benzene rings is 1. The smallest absolute Gasteiger partial charge is 0.275 e. The van der Waals surface area contributed by atoms with Crippen LogP contribution in [0.2, 0.25) is 0 Å². The third-order valence-corrected chi connectivity index (χ3v) is 6.03. The van der Waals surface area contributed by atoms with Gasteiger partial charge >= 0.3 is 0 Å². The van der Waals surface area contributed by atoms with E-state index in [9.17, 15) is 9.59 Å². The lowest BCUT2D eigenvalue weighted by Crippen LogP contribution is -2.44. The van der Waals surface area contributed by atoms with Crippen LogP contribution in [0.5, 0.6) is 0 Å². The van der Waals surface area contributed by atoms with E-state index >= 15 is 0 Å². The molecule has 1 saturated heterocycles. The minimum atomic E-state index is -0.259. The second-order valence-electron chi connectivity index (χ2n) is 6.71. The number of hydrogen-bond donors (Lipinski definition) is 1. The number of piperidine rings is 1. The van der Waals surface area contributed by atoms with Gasteiger partial charge in [0.25, 0.3) is 11.5 Å². The van der Waals surface area contributed by atoms with Gasteiger partial charge in [0.05, 0.1) is 5.39 Å². The Balaban J connectivity index is 1.61. The summed E-state index contributed by atoms with van der Waals surface area (Å²) in [6.45, 7) is 0.753. The van der Waals surface area contributed by atoms with Crippen molar-refractivity contribution < 1.29 is 4.79 Å². The number of amides is 1. The fourth-order valence-electron chi connectivity index (χ4n) is 3.75. The van der Waals surface area contributed by atoms with Gasteiger partial charge < -0.3 is 4.90 Å². The lowest BCUT2D eigenvalue weighted by molar-refractivity contribution is 0.0597. The van der Waals surface area contributed by atoms with Crippen molar-refractivity contribution >= 4 is 28.0 Å². The van der Waals surface area contributed by atoms with E-state index in [0.29, 0.717) is 16.5 Å². The van der Waals surface area contributed by atoms with Crippen LogP contribution >= 0.6 is 11.3 Å². The summed E-state index contributed by atoms with van der Waals surface area (Å²) in [5, 5.41) is 9.81. The molecule has 0 aliphatic carbocycles. The normalized spacial score (nSPS) is 17.5. The quantitative estimate of drug-likeness (QED) is 0.766. The number of carbonyl (C=O) groups excluding carboxylic acids is 1. The van der Waals surface area contributed by atoms with Crippen molar-refractivity contribution in [1.29, 1.82) is 0 Å². The number of thiophene rings is 1. The van der Waals surface area contributed by atoms with Gasteiger partial charge in [-0.15, -0.1) is 11.3 Å². The molecule has 1 aliphatic rings. The largest absolute Gasteiger partial charge is 0.334 e. The predicted molar refractivity (Wildman–Crippen MR) is 104 cm³/mol. The number of fused-ring (bicyclic) bond motifs is 1. The Bertz CT molecular complexity index is 965. The van der Waals surface area contributed by atoms with Gasteiger partial charge in [0.2, 0.25) is 0 Å². The standard InChI is InChI=1S/C20H21N3O2S/c24-19-17-9-2-1-8-16(17)18(21-22-19)20(25)23-12-4-3-6-14(23)10-11-15-7-5-13-26-15/h1-2,5,7-9,13-14H,3-4,6,10-12H2,(H,22,24). The first-order chi connectivity index (χ1) is 12.7. The van der Waals surface area contributed by atoms with Crippen LogP contribution in [0.4, 0.5) is 0 Å². The lowest BCUT2D eigenvalue weighted by atomic mass is 9.96. The Morgan fingerprint density at radius 3 is 2.85 bits per heavy atom. The van der Waals surface area contributed by atoms with Crippen molar-refractivity contribution in [3.05, 3.63) is 62.7 Å². The van der Waals surface area contributed by atoms with Crippen LogP contribution in [0.15, 0.2) is 46.6 Å². The van der Waals surface area contributed by atoms with Gasteiger partial charge in [-0.1, -0.05) is 24.3 Å². The summed E-state index contributed by atoms with van der Waals surface area (Å²) in [6.07, 6.45) is 5.15. The SMILES string of the molecule is O=C(c1n[nH]c(=O)c2ccccc12)N1CCCCC1CCc1cccs1. The zero-order chi connectivity index (χ0) is 17.9. The second kappa shape index (κ2) is 7.41. The minimum absolute atomic E-state index is 0.0756. The number of H-pyrrole nitrogens is 1. The second-order valence-corrected chi connectivity index (χ2v) is 7.75. The van der Waals surface area contributed by atoms with E-state index in [1.165, 1.54) is 4.88 Å². The summed E-state index contributed by atoms with van der Waals surface area (Å²) >= 11 is 1.77. The average molecular weight is 367 g/mol. The third kappa shape index (κ3) is 3.29. The number of aromatic nitrogens is 2. The van der Waals surface area contributed by atoms with E-state index in [1.807, 2.05) is 11.0 Å². The molecule has 1 atom stereocenters. The number of aryl methyl sites for hydroxylation is 1. The highest BCUT2D eigenvalue weighted by atomic mass is 32.1. The molecule has 4 rings (SSSR count). The lowest BCUT2D eigenvalue weighted by Gasteiger charge is -2.35. The van der Waals surface area contributed by atoms with Crippen LogP contribution < -0.4 is 5.56 Å². The number of nitrogens with zero attached hydrogens (tertiary/aromatic N) is 2. The van der Waals surface area contributed by atoms with E-state index in [2.05, 4.69) is 27.7 Å². The Morgan fingerprint density at radius 1 is 1.19 bits per heavy atom. The van der Waals surface area contributed by atoms with E-state index in [4.69, 9.17) is 0 Å². The van der Waals surface area contributed by atoms with Crippen molar-refractivity contribution in [2.75, 3.05) is 6.54 Å². The average Bonchev–Trinajstić information content (AvgIpc) is 3.20. The molecule has 134 valence electrons. The predicted octanol–water partition coefficient (Wildman–Crippen LogP) is 3.61. The maximum atomic E-state index is 13.2. The van der Waals surface area contributed by atoms with Crippen molar-refractivity contribution in [3.63, 3.8) is 0 Å². The van der Waals surface area contributed by atoms with Crippen LogP contribution in [0.3, 0.4) is 0 Å². The first kappa shape index (κ1) is 17.0. The molecular weight excluding hydrogens is 346 g/mol. The van der Waals surface area contributed by atoms with Crippen molar-refractivity contribution in [1.82, 2.24) is 15.1 Å². The summed E-state index contributed by atoms with van der Waals surface area (Å²) < 4.78 is 0. The number of carbonyl (C=O) groups is 1. The first-order valence-corrected chi connectivity index (χ1v) is 9.93. The summed E-state index contributed by atoms with van der Waals surface area (Å²) in [5.41, 5.74) is 0.0910. The highest BCUT2D eigenvalue weighted by Gasteiger charge is 2.29. The monoisotopic (exact) mass is 367 g/mol. The fraction of sp³-hybridized carbons (Fsp3) is 0.350. The zero-order valence-electron chi connectivity index (χ0n) is 14.5. The van der Waals surface area contributed by atoms with Crippen LogP contribution in [-0.4, -0.2) is 33.6 Å². The van der Waals surface area contributed by atoms with E-state index < -0.39 is 0 Å². The van der Waals surface area contributed by atoms with E-state index in [0.717, 1.165) is 38.6 Å². The fourth-order valence-corrected chi connectivity index (χ4v) is 4.47. The van der Waals surface area contributed by atoms with Gasteiger partial charge in [-0.25, -0.2) is 5.10 Å². The van der Waals surface area contributed by atoms with Gasteiger partial charge in [-0.3, -0.25) is 9.59 Å². The van der Waals surface area contributed by atoms with Crippen molar-refractivity contribution in [2.24, 2.45) is 0 Å². The number of aromatic amines is 1. The molecule has 1 unspecified atom stereocenters. The van der Waals surface area contributed by atoms with E-state index in [1.54, 1.807) is 29.5 Å². The molecule has 0 spiro atoms. The Morgan fingerprint density at radius 2 is 2.04 bits per heavy atom. The van der Waals surface area contributed by atoms with E-state index in [-0.39, 0.29) is 17.5 Å². The molecule has 3 heterocycles. The van der Waals surface area contributed by atoms with Crippen LogP contribution in [0.25, 0.3) is 10.8 Å². The number of rotatable bonds is 4. The molecule has 1 aromatic carbocycles. The highest BCUT2D eigenvalue weighted by Crippen LogP contribution is 2.25. The van der Waals surface area contributed by atoms with Gasteiger partial charge in [0.15, 0.2) is 5.69 Å². The highest BCUT2D eigenvalue weighted by molar-refractivity contribution is 7.09. The molecule has 5 nitrogen and oxygen atoms in total. The summed E-state index contributed by atoms with van der Waals surface area (Å²) in [6, 6.07) is 11.6. The van der Waals surface area contributed by atoms with Crippen molar-refractivity contribution in [2.45, 2.75) is 38.1 Å². The molecule has 6 heteroatoms. The molecule has 2 aromatic heterocycles. The van der Waals surface area contributed by atoms with Gasteiger partial charge in [0.1, 0.15) is 0 Å². The molecular formula is C20H21N3O2S. The van der Waals surface area contributed by atoms with Crippen LogP contribution in [-0.2, 0) is 6.42 Å². The summed E-state index contributed by atoms with van der Waals surface area (Å²) in [7, 11) is 0. The molecule has 0 saturated carbocycles. The molecule has 1 N–H and O–H groups in total. The van der Waals surface area contributed by atoms with Crippen molar-refractivity contribution in [3.8, 4) is 0 Å². The summed E-state index contributed by atoms with van der Waals surface area (Å²) in [5.74, 6) is -0.0756. The molecule has 1 fully saturated rings. The molecule has 1 aliphatic heterocycles. The van der Waals surface area contributed by atoms with Crippen LogP contribution in [0, 0.1) is 0 Å². The van der Waals surface area contributed by atoms with Gasteiger partial charge in [-0.05, 0) is 49.6 Å². The molecule has 0 radical (unpaired) electrons. The minimum Gasteiger partial charge on any atom is -0.334 e. The maximum Gasteiger partial charge on any atom is 0.275 e. The molecule has 1 amide bonds. The summed E-state index contributed by atoms with van der Waals surface area (Å²) in [4.78, 5) is 28.5. The first-order valence-electron chi connectivity index (χ1n) is 9.05. The Kier molecular flexibility index (Phi) is 4.84. The number of hydrogen-bond acceptors (Lipinski definition) is 4. The number of likely N-dealkylation sites (tertiary alicyclic amines) is 1. The van der Waals surface area contributed by atoms with Gasteiger partial charge in [0, 0.05) is 22.8 Å². The van der Waals surface area contributed by atoms with Gasteiger partial charge in [-0.2, -0.15) is 5.10 Å². The number of nitrogens with one attached hydrogen (secondary N) is 1. The molecule has 3 aromatic rings. The zero-order valence-corrected chi connectivity index (χ0v) is 15.3. The molecule has 0 bridgehead atoms. The topological polar surface area (TPSA) is 66.1 Å². The molecule has 26 heavy (non-hydrogen) atoms. The Hall–Kier alpha value is -2.47. The maximum absolute atomic E-state index is 13.2. The van der Waals surface area contributed by atoms with Crippen LogP contribution in [0.1, 0.15) is 41.0 Å². The third-order valence-electron chi connectivity index (χ3n) is 5.09.